The summed E-state index contributed by atoms with van der Waals surface area (Å²) in [6.07, 6.45) is 6.18. The highest BCUT2D eigenvalue weighted by Gasteiger charge is 2.36. The third-order valence-corrected chi connectivity index (χ3v) is 10.1. The van der Waals surface area contributed by atoms with E-state index in [1.54, 1.807) is 9.31 Å². The molecule has 1 saturated carbocycles. The summed E-state index contributed by atoms with van der Waals surface area (Å²) in [5, 5.41) is 15.1. The molecule has 4 bridgehead atoms. The van der Waals surface area contributed by atoms with Gasteiger partial charge in [0.2, 0.25) is 0 Å². The molecule has 1 unspecified atom stereocenters. The lowest BCUT2D eigenvalue weighted by Gasteiger charge is -2.39. The Balaban J connectivity index is 1.64. The van der Waals surface area contributed by atoms with Crippen LogP contribution >= 0.6 is 11.9 Å². The van der Waals surface area contributed by atoms with Gasteiger partial charge >= 0.3 is 6.03 Å². The van der Waals surface area contributed by atoms with Crippen molar-refractivity contribution in [2.45, 2.75) is 90.9 Å². The number of benzene rings is 2. The minimum absolute atomic E-state index is 0.0818. The van der Waals surface area contributed by atoms with Crippen molar-refractivity contribution in [2.75, 3.05) is 30.4 Å². The average molecular weight is 606 g/mol. The van der Waals surface area contributed by atoms with E-state index < -0.39 is 5.66 Å². The summed E-state index contributed by atoms with van der Waals surface area (Å²) in [6, 6.07) is 13.0. The van der Waals surface area contributed by atoms with E-state index in [0.29, 0.717) is 12.5 Å². The second-order valence-corrected chi connectivity index (χ2v) is 14.2. The summed E-state index contributed by atoms with van der Waals surface area (Å²) in [6.45, 7) is 12.0. The number of fused-ring (bicyclic) bond motifs is 4. The van der Waals surface area contributed by atoms with Crippen LogP contribution in [0.5, 0.6) is 5.75 Å². The molecular formula is C34H47N5O3S. The predicted octanol–water partition coefficient (Wildman–Crippen LogP) is 6.79. The standard InChI is InChI=1S/C34H47N5O3S/c1-6-43-39-33(41)37(16-17-40)26-13-15-27-29(19-26)38-20-25(23(3)35-34(4,5)36-39)21-42-30-18-22(2)12-14-28(30)32(38)31(27)24-10-8-7-9-11-24/h12-15,18-19,23-25,35-36,40H,6-11,16-17,20-21H2,1-5H3/t23?,25-/m0/s1. The molecule has 1 fully saturated rings. The van der Waals surface area contributed by atoms with Crippen LogP contribution in [-0.2, 0) is 6.54 Å². The van der Waals surface area contributed by atoms with Crippen molar-refractivity contribution in [3.63, 3.8) is 0 Å². The minimum atomic E-state index is -0.590. The van der Waals surface area contributed by atoms with Crippen LogP contribution in [0.15, 0.2) is 36.4 Å². The number of anilines is 1. The molecule has 3 aromatic rings. The Morgan fingerprint density at radius 2 is 1.91 bits per heavy atom. The van der Waals surface area contributed by atoms with E-state index in [1.165, 1.54) is 66.3 Å². The van der Waals surface area contributed by atoms with Crippen molar-refractivity contribution in [1.29, 1.82) is 0 Å². The van der Waals surface area contributed by atoms with Gasteiger partial charge in [-0.25, -0.2) is 10.2 Å². The molecule has 3 heterocycles. The van der Waals surface area contributed by atoms with Crippen molar-refractivity contribution in [3.05, 3.63) is 47.5 Å². The van der Waals surface area contributed by atoms with Gasteiger partial charge in [0.05, 0.1) is 36.6 Å². The SMILES string of the molecule is CCSN1NC(C)(C)NC(C)[C@@H]2COc3cc(C)ccc3-c3c(C4CCCCC4)c4ccc(cc4n3C2)N(CCO)C1=O. The number of β-amino-alcohol motifs (C(OH)–C–C–N with tert-alkyl or cyclic N) is 1. The Labute approximate surface area is 260 Å². The van der Waals surface area contributed by atoms with Gasteiger partial charge in [-0.15, -0.1) is 0 Å². The van der Waals surface area contributed by atoms with Crippen LogP contribution in [0, 0.1) is 12.8 Å². The van der Waals surface area contributed by atoms with E-state index in [2.05, 4.69) is 79.4 Å². The number of hydrazine groups is 1. The van der Waals surface area contributed by atoms with E-state index in [9.17, 15) is 9.90 Å². The average Bonchev–Trinajstić information content (AvgIpc) is 3.28. The first kappa shape index (κ1) is 30.3. The number of nitrogens with zero attached hydrogens (tertiary/aromatic N) is 3. The van der Waals surface area contributed by atoms with Gasteiger partial charge in [0.25, 0.3) is 0 Å². The van der Waals surface area contributed by atoms with Crippen molar-refractivity contribution >= 4 is 34.6 Å². The van der Waals surface area contributed by atoms with Gasteiger partial charge in [0, 0.05) is 40.9 Å². The Morgan fingerprint density at radius 1 is 1.12 bits per heavy atom. The van der Waals surface area contributed by atoms with Gasteiger partial charge in [-0.1, -0.05) is 38.3 Å². The number of ether oxygens (including phenoxy) is 1. The zero-order valence-corrected chi connectivity index (χ0v) is 27.1. The van der Waals surface area contributed by atoms with Crippen molar-refractivity contribution in [1.82, 2.24) is 19.7 Å². The zero-order valence-electron chi connectivity index (χ0n) is 26.3. The van der Waals surface area contributed by atoms with Gasteiger partial charge < -0.3 is 14.4 Å². The van der Waals surface area contributed by atoms with E-state index in [0.717, 1.165) is 34.8 Å². The smallest absolute Gasteiger partial charge is 0.349 e. The van der Waals surface area contributed by atoms with E-state index >= 15 is 0 Å². The molecule has 43 heavy (non-hydrogen) atoms. The predicted molar refractivity (Wildman–Crippen MR) is 177 cm³/mol. The van der Waals surface area contributed by atoms with Gasteiger partial charge in [-0.2, -0.15) is 4.41 Å². The van der Waals surface area contributed by atoms with Crippen molar-refractivity contribution in [3.8, 4) is 17.0 Å². The molecule has 0 saturated heterocycles. The molecule has 2 atom stereocenters. The summed E-state index contributed by atoms with van der Waals surface area (Å²) in [4.78, 5) is 15.8. The number of nitrogens with one attached hydrogen (secondary N) is 2. The summed E-state index contributed by atoms with van der Waals surface area (Å²) < 4.78 is 10.8. The number of aliphatic hydroxyl groups excluding tert-OH is 1. The highest BCUT2D eigenvalue weighted by molar-refractivity contribution is 7.97. The maximum Gasteiger partial charge on any atom is 0.349 e. The Bertz CT molecular complexity index is 1480. The number of amides is 2. The molecule has 0 radical (unpaired) electrons. The maximum atomic E-state index is 14.1. The topological polar surface area (TPSA) is 82.0 Å². The fraction of sp³-hybridized carbons (Fsp3) is 0.559. The maximum absolute atomic E-state index is 14.1. The fourth-order valence-corrected chi connectivity index (χ4v) is 8.09. The molecular weight excluding hydrogens is 558 g/mol. The molecule has 232 valence electrons. The molecule has 9 heteroatoms. The second kappa shape index (κ2) is 12.3. The number of carbonyl (C=O) groups is 1. The molecule has 0 spiro atoms. The second-order valence-electron chi connectivity index (χ2n) is 13.0. The summed E-state index contributed by atoms with van der Waals surface area (Å²) >= 11 is 1.43. The monoisotopic (exact) mass is 605 g/mol. The number of aromatic nitrogens is 1. The van der Waals surface area contributed by atoms with Crippen molar-refractivity contribution in [2.24, 2.45) is 5.92 Å². The Morgan fingerprint density at radius 3 is 2.65 bits per heavy atom. The first-order valence-electron chi connectivity index (χ1n) is 16.0. The molecule has 1 aromatic heterocycles. The van der Waals surface area contributed by atoms with Crippen molar-refractivity contribution < 1.29 is 14.6 Å². The lowest BCUT2D eigenvalue weighted by molar-refractivity contribution is 0.136. The number of hydrogen-bond donors (Lipinski definition) is 3. The number of aliphatic hydroxyl groups is 1. The van der Waals surface area contributed by atoms with Gasteiger partial charge in [-0.05, 0) is 93.8 Å². The molecule has 3 N–H and O–H groups in total. The number of urea groups is 1. The Hall–Kier alpha value is -2.72. The molecule has 2 aliphatic heterocycles. The largest absolute Gasteiger partial charge is 0.492 e. The lowest BCUT2D eigenvalue weighted by atomic mass is 9.81. The lowest BCUT2D eigenvalue weighted by Crippen LogP contribution is -2.63. The first-order valence-corrected chi connectivity index (χ1v) is 17.0. The van der Waals surface area contributed by atoms with Gasteiger partial charge in [0.15, 0.2) is 0 Å². The molecule has 2 amide bonds. The molecule has 6 rings (SSSR count). The summed E-state index contributed by atoms with van der Waals surface area (Å²) in [5.41, 5.74) is 9.84. The zero-order chi connectivity index (χ0) is 30.3. The van der Waals surface area contributed by atoms with Crippen LogP contribution in [0.3, 0.4) is 0 Å². The van der Waals surface area contributed by atoms with Crippen LogP contribution < -0.4 is 20.4 Å². The third-order valence-electron chi connectivity index (χ3n) is 9.34. The number of hydrogen-bond acceptors (Lipinski definition) is 6. The highest BCUT2D eigenvalue weighted by Crippen LogP contribution is 2.48. The molecule has 3 aliphatic rings. The fourth-order valence-electron chi connectivity index (χ4n) is 7.33. The van der Waals surface area contributed by atoms with E-state index in [4.69, 9.17) is 4.74 Å². The number of rotatable bonds is 5. The van der Waals surface area contributed by atoms with E-state index in [1.807, 2.05) is 6.92 Å². The quantitative estimate of drug-likeness (QED) is 0.278. The first-order chi connectivity index (χ1) is 20.7. The van der Waals surface area contributed by atoms with Crippen LogP contribution in [0.2, 0.25) is 0 Å². The normalized spacial score (nSPS) is 22.9. The Kier molecular flexibility index (Phi) is 8.70. The minimum Gasteiger partial charge on any atom is -0.492 e. The van der Waals surface area contributed by atoms with Crippen LogP contribution in [0.4, 0.5) is 10.5 Å². The number of carbonyl (C=O) groups excluding carboxylic acids is 1. The number of aryl methyl sites for hydroxylation is 1. The van der Waals surface area contributed by atoms with Gasteiger partial charge in [0.1, 0.15) is 5.75 Å². The van der Waals surface area contributed by atoms with Crippen LogP contribution in [-0.4, -0.2) is 57.3 Å². The summed E-state index contributed by atoms with van der Waals surface area (Å²) in [7, 11) is 0. The highest BCUT2D eigenvalue weighted by atomic mass is 32.2. The van der Waals surface area contributed by atoms with Gasteiger partial charge in [-0.3, -0.25) is 10.2 Å². The van der Waals surface area contributed by atoms with Crippen LogP contribution in [0.25, 0.3) is 22.2 Å². The summed E-state index contributed by atoms with van der Waals surface area (Å²) in [5.74, 6) is 2.32. The molecule has 8 nitrogen and oxygen atoms in total. The molecule has 1 aliphatic carbocycles. The van der Waals surface area contributed by atoms with E-state index in [-0.39, 0.29) is 31.1 Å². The third kappa shape index (κ3) is 5.89. The molecule has 2 aromatic carbocycles. The van der Waals surface area contributed by atoms with Crippen LogP contribution in [0.1, 0.15) is 76.8 Å².